The van der Waals surface area contributed by atoms with E-state index in [1.807, 2.05) is 32.0 Å². The highest BCUT2D eigenvalue weighted by Gasteiger charge is 2.05. The summed E-state index contributed by atoms with van der Waals surface area (Å²) in [7, 11) is 0. The number of benzene rings is 1. The molecule has 1 N–H and O–H groups in total. The number of nitrogens with one attached hydrogen (secondary N) is 1. The lowest BCUT2D eigenvalue weighted by Crippen LogP contribution is -2.29. The molecule has 1 atom stereocenters. The summed E-state index contributed by atoms with van der Waals surface area (Å²) in [6, 6.07) is 5.98. The van der Waals surface area contributed by atoms with E-state index in [1.54, 1.807) is 0 Å². The molecule has 1 aromatic carbocycles. The minimum atomic E-state index is 0.105. The molecule has 0 aliphatic heterocycles. The molecule has 0 heterocycles. The van der Waals surface area contributed by atoms with E-state index in [0.29, 0.717) is 6.54 Å². The van der Waals surface area contributed by atoms with Crippen LogP contribution in [-0.4, -0.2) is 19.2 Å². The second-order valence-electron chi connectivity index (χ2n) is 3.67. The van der Waals surface area contributed by atoms with Crippen molar-refractivity contribution in [2.75, 3.05) is 13.1 Å². The van der Waals surface area contributed by atoms with Gasteiger partial charge >= 0.3 is 0 Å². The Hall–Kier alpha value is -0.980. The number of halogens is 1. The first-order chi connectivity index (χ1) is 7.63. The van der Waals surface area contributed by atoms with Gasteiger partial charge in [0.15, 0.2) is 0 Å². The van der Waals surface area contributed by atoms with E-state index in [0.717, 1.165) is 22.3 Å². The molecular weight excluding hydrogens is 266 g/mol. The molecule has 0 aliphatic rings. The molecule has 0 radical (unpaired) electrons. The number of rotatable bonds is 5. The van der Waals surface area contributed by atoms with E-state index in [1.165, 1.54) is 0 Å². The van der Waals surface area contributed by atoms with Crippen molar-refractivity contribution in [3.63, 3.8) is 0 Å². The molecule has 0 saturated carbocycles. The minimum absolute atomic E-state index is 0.105. The second kappa shape index (κ2) is 6.57. The van der Waals surface area contributed by atoms with Gasteiger partial charge in [0, 0.05) is 11.0 Å². The van der Waals surface area contributed by atoms with Crippen LogP contribution in [0, 0.1) is 19.3 Å². The SMILES string of the molecule is C#CCNCC(C)Oc1ccc(Br)cc1C. The van der Waals surface area contributed by atoms with Crippen molar-refractivity contribution < 1.29 is 4.74 Å². The van der Waals surface area contributed by atoms with Crippen molar-refractivity contribution in [2.45, 2.75) is 20.0 Å². The quantitative estimate of drug-likeness (QED) is 0.662. The zero-order valence-electron chi connectivity index (χ0n) is 9.59. The second-order valence-corrected chi connectivity index (χ2v) is 4.59. The number of hydrogen-bond donors (Lipinski definition) is 1. The molecule has 1 aromatic rings. The molecule has 0 spiro atoms. The van der Waals surface area contributed by atoms with E-state index in [-0.39, 0.29) is 6.10 Å². The highest BCUT2D eigenvalue weighted by Crippen LogP contribution is 2.22. The summed E-state index contributed by atoms with van der Waals surface area (Å²) in [4.78, 5) is 0. The van der Waals surface area contributed by atoms with Gasteiger partial charge in [-0.25, -0.2) is 0 Å². The predicted octanol–water partition coefficient (Wildman–Crippen LogP) is 2.75. The zero-order chi connectivity index (χ0) is 12.0. The van der Waals surface area contributed by atoms with E-state index in [9.17, 15) is 0 Å². The summed E-state index contributed by atoms with van der Waals surface area (Å²) in [5.74, 6) is 3.45. The normalized spacial score (nSPS) is 11.9. The first-order valence-corrected chi connectivity index (χ1v) is 5.99. The van der Waals surface area contributed by atoms with Gasteiger partial charge in [0.2, 0.25) is 0 Å². The minimum Gasteiger partial charge on any atom is -0.489 e. The lowest BCUT2D eigenvalue weighted by Gasteiger charge is -2.16. The summed E-state index contributed by atoms with van der Waals surface area (Å²) in [5, 5.41) is 3.12. The third kappa shape index (κ3) is 4.26. The van der Waals surface area contributed by atoms with Crippen molar-refractivity contribution in [1.82, 2.24) is 5.32 Å². The standard InChI is InChI=1S/C13H16BrNO/c1-4-7-15-9-11(3)16-13-6-5-12(14)8-10(13)2/h1,5-6,8,11,15H,7,9H2,2-3H3. The van der Waals surface area contributed by atoms with Crippen LogP contribution in [0.5, 0.6) is 5.75 Å². The maximum absolute atomic E-state index is 5.79. The average Bonchev–Trinajstić information content (AvgIpc) is 2.23. The van der Waals surface area contributed by atoms with Gasteiger partial charge < -0.3 is 10.1 Å². The molecule has 1 unspecified atom stereocenters. The van der Waals surface area contributed by atoms with Gasteiger partial charge in [-0.3, -0.25) is 0 Å². The van der Waals surface area contributed by atoms with E-state index in [2.05, 4.69) is 27.2 Å². The monoisotopic (exact) mass is 281 g/mol. The number of terminal acetylenes is 1. The highest BCUT2D eigenvalue weighted by molar-refractivity contribution is 9.10. The Balaban J connectivity index is 2.50. The van der Waals surface area contributed by atoms with Crippen molar-refractivity contribution >= 4 is 15.9 Å². The van der Waals surface area contributed by atoms with Crippen LogP contribution < -0.4 is 10.1 Å². The molecular formula is C13H16BrNO. The smallest absolute Gasteiger partial charge is 0.122 e. The topological polar surface area (TPSA) is 21.3 Å². The molecule has 0 bridgehead atoms. The Morgan fingerprint density at radius 2 is 2.31 bits per heavy atom. The van der Waals surface area contributed by atoms with Crippen molar-refractivity contribution in [2.24, 2.45) is 0 Å². The average molecular weight is 282 g/mol. The zero-order valence-corrected chi connectivity index (χ0v) is 11.2. The van der Waals surface area contributed by atoms with Gasteiger partial charge in [0.1, 0.15) is 11.9 Å². The summed E-state index contributed by atoms with van der Waals surface area (Å²) < 4.78 is 6.86. The van der Waals surface area contributed by atoms with Gasteiger partial charge in [-0.05, 0) is 37.6 Å². The molecule has 3 heteroatoms. The fourth-order valence-corrected chi connectivity index (χ4v) is 1.83. The Morgan fingerprint density at radius 1 is 1.56 bits per heavy atom. The summed E-state index contributed by atoms with van der Waals surface area (Å²) >= 11 is 3.42. The van der Waals surface area contributed by atoms with Crippen molar-refractivity contribution in [3.8, 4) is 18.1 Å². The Kier molecular flexibility index (Phi) is 5.37. The molecule has 0 amide bonds. The van der Waals surface area contributed by atoms with Crippen LogP contribution in [0.4, 0.5) is 0 Å². The molecule has 86 valence electrons. The van der Waals surface area contributed by atoms with Gasteiger partial charge in [-0.1, -0.05) is 21.9 Å². The van der Waals surface area contributed by atoms with Crippen molar-refractivity contribution in [1.29, 1.82) is 0 Å². The lowest BCUT2D eigenvalue weighted by molar-refractivity contribution is 0.218. The molecule has 0 fully saturated rings. The molecule has 16 heavy (non-hydrogen) atoms. The van der Waals surface area contributed by atoms with Crippen LogP contribution in [0.3, 0.4) is 0 Å². The summed E-state index contributed by atoms with van der Waals surface area (Å²) in [6.07, 6.45) is 5.25. The summed E-state index contributed by atoms with van der Waals surface area (Å²) in [5.41, 5.74) is 1.12. The highest BCUT2D eigenvalue weighted by atomic mass is 79.9. The van der Waals surface area contributed by atoms with Crippen LogP contribution in [0.25, 0.3) is 0 Å². The number of aryl methyl sites for hydroxylation is 1. The Bertz CT molecular complexity index is 384. The van der Waals surface area contributed by atoms with Crippen LogP contribution >= 0.6 is 15.9 Å². The first-order valence-electron chi connectivity index (χ1n) is 5.20. The third-order valence-corrected chi connectivity index (χ3v) is 2.62. The van der Waals surface area contributed by atoms with E-state index < -0.39 is 0 Å². The van der Waals surface area contributed by atoms with Gasteiger partial charge in [-0.2, -0.15) is 0 Å². The molecule has 0 aliphatic carbocycles. The molecule has 1 rings (SSSR count). The number of ether oxygens (including phenoxy) is 1. The number of hydrogen-bond acceptors (Lipinski definition) is 2. The van der Waals surface area contributed by atoms with E-state index in [4.69, 9.17) is 11.2 Å². The van der Waals surface area contributed by atoms with E-state index >= 15 is 0 Å². The third-order valence-electron chi connectivity index (χ3n) is 2.12. The fourth-order valence-electron chi connectivity index (χ4n) is 1.35. The summed E-state index contributed by atoms with van der Waals surface area (Å²) in [6.45, 7) is 5.37. The van der Waals surface area contributed by atoms with Crippen LogP contribution in [-0.2, 0) is 0 Å². The van der Waals surface area contributed by atoms with Crippen molar-refractivity contribution in [3.05, 3.63) is 28.2 Å². The largest absolute Gasteiger partial charge is 0.489 e. The Morgan fingerprint density at radius 3 is 2.94 bits per heavy atom. The van der Waals surface area contributed by atoms with Crippen LogP contribution in [0.2, 0.25) is 0 Å². The molecule has 0 saturated heterocycles. The van der Waals surface area contributed by atoms with Crippen LogP contribution in [0.1, 0.15) is 12.5 Å². The van der Waals surface area contributed by atoms with Gasteiger partial charge in [0.25, 0.3) is 0 Å². The first kappa shape index (κ1) is 13.1. The predicted molar refractivity (Wildman–Crippen MR) is 70.7 cm³/mol. The maximum Gasteiger partial charge on any atom is 0.122 e. The lowest BCUT2D eigenvalue weighted by atomic mass is 10.2. The van der Waals surface area contributed by atoms with Gasteiger partial charge in [0.05, 0.1) is 6.54 Å². The molecule has 0 aromatic heterocycles. The maximum atomic E-state index is 5.79. The van der Waals surface area contributed by atoms with Crippen LogP contribution in [0.15, 0.2) is 22.7 Å². The van der Waals surface area contributed by atoms with Gasteiger partial charge in [-0.15, -0.1) is 6.42 Å². The Labute approximate surface area is 106 Å². The molecule has 2 nitrogen and oxygen atoms in total. The fraction of sp³-hybridized carbons (Fsp3) is 0.385.